The summed E-state index contributed by atoms with van der Waals surface area (Å²) in [7, 11) is 2.10. The van der Waals surface area contributed by atoms with Crippen LogP contribution in [0.3, 0.4) is 0 Å². The number of nitrogens with two attached hydrogens (primary N) is 2. The number of ether oxygens (including phenoxy) is 2. The summed E-state index contributed by atoms with van der Waals surface area (Å²) in [6, 6.07) is 5.96. The van der Waals surface area contributed by atoms with E-state index in [2.05, 4.69) is 33.3 Å². The summed E-state index contributed by atoms with van der Waals surface area (Å²) in [4.78, 5) is 25.4. The molecule has 0 radical (unpaired) electrons. The van der Waals surface area contributed by atoms with Gasteiger partial charge in [-0.25, -0.2) is 4.98 Å². The van der Waals surface area contributed by atoms with Crippen molar-refractivity contribution in [3.05, 3.63) is 33.8 Å². The van der Waals surface area contributed by atoms with Crippen molar-refractivity contribution >= 4 is 28.1 Å². The van der Waals surface area contributed by atoms with Gasteiger partial charge in [0.1, 0.15) is 35.2 Å². The van der Waals surface area contributed by atoms with Crippen molar-refractivity contribution in [1.29, 1.82) is 5.26 Å². The molecule has 1 amide bonds. The molecule has 3 atom stereocenters. The molecule has 3 aliphatic rings. The van der Waals surface area contributed by atoms with Gasteiger partial charge in [0.15, 0.2) is 5.84 Å². The maximum absolute atomic E-state index is 13.3. The lowest BCUT2D eigenvalue weighted by Crippen LogP contribution is -2.31. The van der Waals surface area contributed by atoms with Crippen molar-refractivity contribution in [1.82, 2.24) is 15.2 Å². The molecular weight excluding hydrogens is 490 g/mol. The Morgan fingerprint density at radius 1 is 1.35 bits per heavy atom. The molecule has 5 rings (SSSR count). The first-order chi connectivity index (χ1) is 17.9. The monoisotopic (exact) mass is 523 g/mol. The van der Waals surface area contributed by atoms with Gasteiger partial charge in [-0.15, -0.1) is 11.3 Å². The largest absolute Gasteiger partial charge is 0.489 e. The molecule has 0 saturated carbocycles. The number of amidine groups is 1. The lowest BCUT2D eigenvalue weighted by atomic mass is 9.85. The van der Waals surface area contributed by atoms with Gasteiger partial charge in [-0.3, -0.25) is 4.79 Å². The molecular formula is C26H33N7O3S. The second-order valence-corrected chi connectivity index (χ2v) is 11.1. The third-order valence-corrected chi connectivity index (χ3v) is 8.48. The third kappa shape index (κ3) is 5.56. The number of carbonyl (C=O) groups excluding carboxylic acids is 1. The number of hydrogen-bond donors (Lipinski definition) is 3. The molecule has 2 aromatic rings. The van der Waals surface area contributed by atoms with Gasteiger partial charge in [-0.1, -0.05) is 0 Å². The number of thiophene rings is 1. The number of aromatic nitrogens is 1. The second-order valence-electron chi connectivity index (χ2n) is 9.92. The summed E-state index contributed by atoms with van der Waals surface area (Å²) in [5, 5.41) is 13.3. The summed E-state index contributed by atoms with van der Waals surface area (Å²) < 4.78 is 12.2. The number of likely N-dealkylation sites (N-methyl/N-ethyl adjacent to an activating group) is 1. The van der Waals surface area contributed by atoms with Crippen LogP contribution < -0.4 is 26.3 Å². The van der Waals surface area contributed by atoms with Gasteiger partial charge < -0.3 is 31.2 Å². The van der Waals surface area contributed by atoms with Crippen LogP contribution in [0, 0.1) is 11.3 Å². The molecule has 4 heterocycles. The predicted octanol–water partition coefficient (Wildman–Crippen LogP) is 2.16. The highest BCUT2D eigenvalue weighted by atomic mass is 32.1. The Hall–Kier alpha value is -3.20. The van der Waals surface area contributed by atoms with Gasteiger partial charge in [0.25, 0.3) is 5.91 Å². The van der Waals surface area contributed by atoms with E-state index < -0.39 is 11.8 Å². The number of aryl methyl sites for hydroxylation is 1. The lowest BCUT2D eigenvalue weighted by molar-refractivity contribution is -0.119. The second kappa shape index (κ2) is 11.0. The fraction of sp³-hybridized carbons (Fsp3) is 0.538. The number of nitriles is 1. The molecule has 1 aliphatic carbocycles. The van der Waals surface area contributed by atoms with Gasteiger partial charge in [-0.05, 0) is 64.2 Å². The minimum Gasteiger partial charge on any atom is -0.489 e. The number of fused-ring (bicyclic) bond motifs is 1. The number of nitrogens with zero attached hydrogens (tertiary/aromatic N) is 4. The minimum atomic E-state index is -0.539. The van der Waals surface area contributed by atoms with Gasteiger partial charge >= 0.3 is 0 Å². The molecule has 11 heteroatoms. The standard InChI is InChI=1S/C26H33N7O3S/c1-33-9-3-4-15(33)14-35-22-11-17(36-16-7-8-30-13-16)10-20(31-22)24(28)32-26(34)18-5-2-6-21-23(18)19(12-27)25(29)37-21/h10-11,15-16,18,30H,2-9,13-14,29H2,1H3,(H2,28,32,34). The van der Waals surface area contributed by atoms with Crippen LogP contribution >= 0.6 is 11.3 Å². The highest BCUT2D eigenvalue weighted by molar-refractivity contribution is 7.16. The van der Waals surface area contributed by atoms with Crippen LogP contribution in [0.15, 0.2) is 17.1 Å². The zero-order valence-corrected chi connectivity index (χ0v) is 21.9. The summed E-state index contributed by atoms with van der Waals surface area (Å²) >= 11 is 1.38. The summed E-state index contributed by atoms with van der Waals surface area (Å²) in [5.41, 5.74) is 13.8. The first-order valence-electron chi connectivity index (χ1n) is 12.8. The third-order valence-electron chi connectivity index (χ3n) is 7.39. The van der Waals surface area contributed by atoms with Crippen molar-refractivity contribution < 1.29 is 14.3 Å². The average Bonchev–Trinajstić information content (AvgIpc) is 3.62. The van der Waals surface area contributed by atoms with E-state index in [1.807, 2.05) is 0 Å². The van der Waals surface area contributed by atoms with Crippen LogP contribution in [0.5, 0.6) is 11.6 Å². The highest BCUT2D eigenvalue weighted by Crippen LogP contribution is 2.42. The minimum absolute atomic E-state index is 0.00309. The van der Waals surface area contributed by atoms with Crippen LogP contribution in [0.2, 0.25) is 0 Å². The molecule has 196 valence electrons. The van der Waals surface area contributed by atoms with Crippen molar-refractivity contribution in [3.63, 3.8) is 0 Å². The van der Waals surface area contributed by atoms with Crippen molar-refractivity contribution in [2.24, 2.45) is 10.7 Å². The zero-order chi connectivity index (χ0) is 25.9. The van der Waals surface area contributed by atoms with E-state index in [-0.39, 0.29) is 11.9 Å². The van der Waals surface area contributed by atoms with E-state index in [9.17, 15) is 10.1 Å². The zero-order valence-electron chi connectivity index (χ0n) is 21.0. The maximum atomic E-state index is 13.3. The molecule has 2 aliphatic heterocycles. The number of nitrogen functional groups attached to an aromatic ring is 1. The quantitative estimate of drug-likeness (QED) is 0.366. The highest BCUT2D eigenvalue weighted by Gasteiger charge is 2.32. The average molecular weight is 524 g/mol. The van der Waals surface area contributed by atoms with Crippen molar-refractivity contribution in [2.75, 3.05) is 39.0 Å². The molecule has 2 fully saturated rings. The number of carbonyl (C=O) groups is 1. The number of anilines is 1. The smallest absolute Gasteiger partial charge is 0.255 e. The molecule has 0 bridgehead atoms. The fourth-order valence-electron chi connectivity index (χ4n) is 5.34. The van der Waals surface area contributed by atoms with Gasteiger partial charge in [0, 0.05) is 29.6 Å². The number of rotatable bonds is 7. The molecule has 10 nitrogen and oxygen atoms in total. The predicted molar refractivity (Wildman–Crippen MR) is 142 cm³/mol. The van der Waals surface area contributed by atoms with Crippen molar-refractivity contribution in [2.45, 2.75) is 56.6 Å². The Morgan fingerprint density at radius 3 is 2.95 bits per heavy atom. The fourth-order valence-corrected chi connectivity index (χ4v) is 6.46. The van der Waals surface area contributed by atoms with Gasteiger partial charge in [0.05, 0.1) is 11.5 Å². The van der Waals surface area contributed by atoms with Crippen LogP contribution in [0.4, 0.5) is 5.00 Å². The lowest BCUT2D eigenvalue weighted by Gasteiger charge is -2.21. The van der Waals surface area contributed by atoms with E-state index in [1.165, 1.54) is 11.3 Å². The van der Waals surface area contributed by atoms with Gasteiger partial charge in [0.2, 0.25) is 5.88 Å². The summed E-state index contributed by atoms with van der Waals surface area (Å²) in [6.07, 6.45) is 5.40. The Balaban J connectivity index is 1.40. The normalized spacial score (nSPS) is 24.0. The number of hydrogen-bond acceptors (Lipinski definition) is 9. The van der Waals surface area contributed by atoms with Gasteiger partial charge in [-0.2, -0.15) is 10.3 Å². The van der Waals surface area contributed by atoms with E-state index in [0.717, 1.165) is 56.6 Å². The van der Waals surface area contributed by atoms with Crippen LogP contribution in [0.1, 0.15) is 59.7 Å². The molecule has 0 aromatic carbocycles. The molecule has 2 aromatic heterocycles. The van der Waals surface area contributed by atoms with E-state index in [1.54, 1.807) is 12.1 Å². The van der Waals surface area contributed by atoms with E-state index >= 15 is 0 Å². The molecule has 0 spiro atoms. The number of aliphatic imine (C=N–C) groups is 1. The van der Waals surface area contributed by atoms with E-state index in [0.29, 0.717) is 52.5 Å². The molecule has 2 saturated heterocycles. The Kier molecular flexibility index (Phi) is 7.60. The molecule has 37 heavy (non-hydrogen) atoms. The number of nitrogens with one attached hydrogen (secondary N) is 1. The maximum Gasteiger partial charge on any atom is 0.255 e. The van der Waals surface area contributed by atoms with Crippen molar-refractivity contribution in [3.8, 4) is 17.7 Å². The summed E-state index contributed by atoms with van der Waals surface area (Å²) in [6.45, 7) is 3.23. The number of pyridine rings is 1. The number of likely N-dealkylation sites (tertiary alicyclic amines) is 1. The SMILES string of the molecule is CN1CCCC1COc1cc(OC2CCNC2)cc(C(N)=NC(=O)C2CCCc3sc(N)c(C#N)c32)n1. The molecule has 3 unspecified atom stereocenters. The first-order valence-corrected chi connectivity index (χ1v) is 13.7. The Bertz CT molecular complexity index is 1230. The topological polar surface area (TPSA) is 152 Å². The number of amides is 1. The van der Waals surface area contributed by atoms with E-state index in [4.69, 9.17) is 20.9 Å². The van der Waals surface area contributed by atoms with Crippen LogP contribution in [-0.4, -0.2) is 67.1 Å². The first kappa shape index (κ1) is 25.4. The van der Waals surface area contributed by atoms with Crippen LogP contribution in [-0.2, 0) is 11.2 Å². The molecule has 5 N–H and O–H groups in total. The Labute approximate surface area is 220 Å². The van der Waals surface area contributed by atoms with Crippen LogP contribution in [0.25, 0.3) is 0 Å². The summed E-state index contributed by atoms with van der Waals surface area (Å²) in [5.74, 6) is 0.0359. The Morgan fingerprint density at radius 2 is 2.22 bits per heavy atom.